The maximum atomic E-state index is 13.1. The van der Waals surface area contributed by atoms with Crippen LogP contribution in [0.1, 0.15) is 51.5 Å². The monoisotopic (exact) mass is 551 g/mol. The fraction of sp³-hybridized carbons (Fsp3) is 0.355. The molecular weight excluding hydrogens is 518 g/mol. The Balaban J connectivity index is 1.25. The highest BCUT2D eigenvalue weighted by molar-refractivity contribution is 6.06. The van der Waals surface area contributed by atoms with E-state index in [0.29, 0.717) is 43.2 Å². The second-order valence-electron chi connectivity index (χ2n) is 11.4. The molecule has 3 aromatic heterocycles. The van der Waals surface area contributed by atoms with Gasteiger partial charge in [-0.2, -0.15) is 5.10 Å². The van der Waals surface area contributed by atoms with E-state index >= 15 is 0 Å². The second-order valence-corrected chi connectivity index (χ2v) is 11.4. The van der Waals surface area contributed by atoms with Gasteiger partial charge in [-0.05, 0) is 61.3 Å². The van der Waals surface area contributed by atoms with Crippen molar-refractivity contribution in [3.8, 4) is 16.9 Å². The molecule has 6 heterocycles. The van der Waals surface area contributed by atoms with Crippen LogP contribution < -0.4 is 15.4 Å². The Kier molecular flexibility index (Phi) is 6.15. The molecule has 0 spiro atoms. The van der Waals surface area contributed by atoms with Crippen LogP contribution >= 0.6 is 0 Å². The SMILES string of the molecule is CN(C)Cc1nc(Nc2ccc(-c3cnn4ccc5c(c34)CCO5)c3c2C(=O)NC3)ccc1C1CCN(C)C(=O)C1. The van der Waals surface area contributed by atoms with Crippen LogP contribution in [0.15, 0.2) is 42.7 Å². The van der Waals surface area contributed by atoms with E-state index in [4.69, 9.17) is 9.72 Å². The van der Waals surface area contributed by atoms with Crippen molar-refractivity contribution < 1.29 is 14.3 Å². The van der Waals surface area contributed by atoms with Gasteiger partial charge in [-0.1, -0.05) is 12.1 Å². The Bertz CT molecular complexity index is 1710. The summed E-state index contributed by atoms with van der Waals surface area (Å²) in [5.41, 5.74) is 8.52. The normalized spacial score (nSPS) is 18.0. The Morgan fingerprint density at radius 3 is 2.83 bits per heavy atom. The number of rotatable bonds is 6. The van der Waals surface area contributed by atoms with E-state index in [1.54, 1.807) is 4.90 Å². The summed E-state index contributed by atoms with van der Waals surface area (Å²) in [7, 11) is 5.90. The quantitative estimate of drug-likeness (QED) is 0.377. The van der Waals surface area contributed by atoms with Crippen molar-refractivity contribution in [2.45, 2.75) is 38.3 Å². The molecule has 0 aliphatic carbocycles. The summed E-state index contributed by atoms with van der Waals surface area (Å²) < 4.78 is 7.70. The second kappa shape index (κ2) is 9.88. The van der Waals surface area contributed by atoms with Crippen LogP contribution in [0.25, 0.3) is 16.6 Å². The summed E-state index contributed by atoms with van der Waals surface area (Å²) >= 11 is 0. The molecular formula is C31H33N7O3. The summed E-state index contributed by atoms with van der Waals surface area (Å²) in [6.07, 6.45) is 6.05. The third kappa shape index (κ3) is 4.39. The topological polar surface area (TPSA) is 104 Å². The predicted molar refractivity (Wildman–Crippen MR) is 156 cm³/mol. The van der Waals surface area contributed by atoms with Gasteiger partial charge < -0.3 is 25.2 Å². The first-order chi connectivity index (χ1) is 19.9. The van der Waals surface area contributed by atoms with E-state index in [1.165, 1.54) is 0 Å². The van der Waals surface area contributed by atoms with E-state index in [0.717, 1.165) is 64.2 Å². The van der Waals surface area contributed by atoms with Crippen LogP contribution in [-0.2, 0) is 24.3 Å². The number of pyridine rings is 2. The van der Waals surface area contributed by atoms with Crippen LogP contribution in [0.4, 0.5) is 11.5 Å². The van der Waals surface area contributed by atoms with Gasteiger partial charge in [0.05, 0.1) is 35.3 Å². The number of hydrogen-bond acceptors (Lipinski definition) is 7. The first-order valence-corrected chi connectivity index (χ1v) is 14.1. The van der Waals surface area contributed by atoms with Crippen molar-refractivity contribution in [2.24, 2.45) is 0 Å². The lowest BCUT2D eigenvalue weighted by atomic mass is 9.88. The fourth-order valence-corrected chi connectivity index (χ4v) is 6.40. The maximum absolute atomic E-state index is 13.1. The molecule has 10 nitrogen and oxygen atoms in total. The van der Waals surface area contributed by atoms with Crippen LogP contribution in [0.2, 0.25) is 0 Å². The van der Waals surface area contributed by atoms with Gasteiger partial charge in [0.1, 0.15) is 11.6 Å². The average Bonchev–Trinajstić information content (AvgIpc) is 3.69. The van der Waals surface area contributed by atoms with Gasteiger partial charge in [0.15, 0.2) is 0 Å². The zero-order valence-electron chi connectivity index (χ0n) is 23.5. The predicted octanol–water partition coefficient (Wildman–Crippen LogP) is 3.72. The molecule has 0 saturated carbocycles. The van der Waals surface area contributed by atoms with Crippen molar-refractivity contribution in [1.29, 1.82) is 0 Å². The number of nitrogens with one attached hydrogen (secondary N) is 2. The fourth-order valence-electron chi connectivity index (χ4n) is 6.40. The van der Waals surface area contributed by atoms with Crippen LogP contribution in [-0.4, -0.2) is 70.5 Å². The van der Waals surface area contributed by atoms with Crippen molar-refractivity contribution in [2.75, 3.05) is 39.6 Å². The average molecular weight is 552 g/mol. The summed E-state index contributed by atoms with van der Waals surface area (Å²) in [4.78, 5) is 34.4. The van der Waals surface area contributed by atoms with E-state index in [1.807, 2.05) is 56.3 Å². The molecule has 2 amide bonds. The number of aromatic nitrogens is 3. The molecule has 1 unspecified atom stereocenters. The summed E-state index contributed by atoms with van der Waals surface area (Å²) in [5, 5.41) is 11.1. The van der Waals surface area contributed by atoms with Gasteiger partial charge in [0.2, 0.25) is 5.91 Å². The molecule has 3 aliphatic rings. The first kappa shape index (κ1) is 25.5. The molecule has 4 aromatic rings. The van der Waals surface area contributed by atoms with Crippen molar-refractivity contribution >= 4 is 28.8 Å². The molecule has 10 heteroatoms. The number of hydrogen-bond donors (Lipinski definition) is 2. The Hall–Kier alpha value is -4.44. The minimum atomic E-state index is -0.107. The number of nitrogens with zero attached hydrogens (tertiary/aromatic N) is 5. The number of likely N-dealkylation sites (tertiary alicyclic amines) is 1. The molecule has 1 atom stereocenters. The molecule has 1 fully saturated rings. The molecule has 1 aromatic carbocycles. The van der Waals surface area contributed by atoms with Gasteiger partial charge in [-0.25, -0.2) is 9.50 Å². The molecule has 1 saturated heterocycles. The molecule has 2 N–H and O–H groups in total. The molecule has 7 rings (SSSR count). The van der Waals surface area contributed by atoms with Gasteiger partial charge in [-0.3, -0.25) is 9.59 Å². The summed E-state index contributed by atoms with van der Waals surface area (Å²) in [5.74, 6) is 1.79. The van der Waals surface area contributed by atoms with E-state index in [9.17, 15) is 9.59 Å². The van der Waals surface area contributed by atoms with Gasteiger partial charge in [-0.15, -0.1) is 0 Å². The molecule has 41 heavy (non-hydrogen) atoms. The number of ether oxygens (including phenoxy) is 1. The maximum Gasteiger partial charge on any atom is 0.254 e. The van der Waals surface area contributed by atoms with E-state index in [-0.39, 0.29) is 17.7 Å². The minimum absolute atomic E-state index is 0.107. The number of fused-ring (bicyclic) bond motifs is 4. The lowest BCUT2D eigenvalue weighted by molar-refractivity contribution is -0.132. The standard InChI is InChI=1S/C31H33N7O3/c1-36(2)17-25-19(18-8-11-37(3)28(39)14-18)5-7-27(35-25)34-24-6-4-20(22-15-32-31(40)29(22)24)23-16-33-38-12-9-26-21(30(23)38)10-13-41-26/h4-7,9,12,16,18H,8,10-11,13-15,17H2,1-3H3,(H,32,40)(H,34,35). The van der Waals surface area contributed by atoms with Crippen molar-refractivity contribution in [1.82, 2.24) is 29.7 Å². The Morgan fingerprint density at radius 2 is 2.00 bits per heavy atom. The Morgan fingerprint density at radius 1 is 1.12 bits per heavy atom. The van der Waals surface area contributed by atoms with E-state index < -0.39 is 0 Å². The highest BCUT2D eigenvalue weighted by atomic mass is 16.5. The zero-order chi connectivity index (χ0) is 28.2. The third-order valence-electron chi connectivity index (χ3n) is 8.45. The smallest absolute Gasteiger partial charge is 0.254 e. The largest absolute Gasteiger partial charge is 0.493 e. The molecule has 0 radical (unpaired) electrons. The zero-order valence-corrected chi connectivity index (χ0v) is 23.5. The number of carbonyl (C=O) groups is 2. The van der Waals surface area contributed by atoms with Crippen molar-refractivity contribution in [3.63, 3.8) is 0 Å². The van der Waals surface area contributed by atoms with Crippen LogP contribution in [0.5, 0.6) is 5.75 Å². The van der Waals surface area contributed by atoms with Crippen LogP contribution in [0, 0.1) is 0 Å². The summed E-state index contributed by atoms with van der Waals surface area (Å²) in [6.45, 7) is 2.52. The summed E-state index contributed by atoms with van der Waals surface area (Å²) in [6, 6.07) is 10.0. The number of benzene rings is 1. The number of carbonyl (C=O) groups excluding carboxylic acids is 2. The third-order valence-corrected chi connectivity index (χ3v) is 8.45. The van der Waals surface area contributed by atoms with Crippen LogP contribution in [0.3, 0.4) is 0 Å². The molecule has 3 aliphatic heterocycles. The van der Waals surface area contributed by atoms with E-state index in [2.05, 4.69) is 32.8 Å². The molecule has 0 bridgehead atoms. The lowest BCUT2D eigenvalue weighted by Crippen LogP contribution is -2.35. The highest BCUT2D eigenvalue weighted by Crippen LogP contribution is 2.40. The number of piperidine rings is 1. The number of amides is 2. The van der Waals surface area contributed by atoms with Gasteiger partial charge in [0.25, 0.3) is 5.91 Å². The lowest BCUT2D eigenvalue weighted by Gasteiger charge is -2.30. The number of anilines is 2. The minimum Gasteiger partial charge on any atom is -0.493 e. The van der Waals surface area contributed by atoms with Crippen molar-refractivity contribution in [3.05, 3.63) is 70.7 Å². The van der Waals surface area contributed by atoms with Gasteiger partial charge >= 0.3 is 0 Å². The molecule has 210 valence electrons. The highest BCUT2D eigenvalue weighted by Gasteiger charge is 2.30. The Labute approximate surface area is 238 Å². The van der Waals surface area contributed by atoms with Gasteiger partial charge in [0, 0.05) is 56.8 Å². The first-order valence-electron chi connectivity index (χ1n) is 14.1.